The standard InChI is InChI=1S/C26H42F2O2/c1-22(2,29)26(27,28)13-10-17-7-9-20-19-8-6-18-16-23(3,30)14-15-25(18,5)21(19)11-12-24(17,20)4/h6,17,19-21,29-30H,7-16H2,1-5H3/t17-,19+,20+,21+,23+,24-,25+/m1/s1. The summed E-state index contributed by atoms with van der Waals surface area (Å²) in [5, 5.41) is 20.5. The molecule has 2 N–H and O–H groups in total. The van der Waals surface area contributed by atoms with E-state index in [1.807, 2.05) is 6.92 Å². The van der Waals surface area contributed by atoms with Crippen LogP contribution in [0.25, 0.3) is 0 Å². The zero-order valence-corrected chi connectivity index (χ0v) is 19.6. The molecule has 3 fully saturated rings. The second-order valence-electron chi connectivity index (χ2n) is 12.6. The molecule has 0 aromatic carbocycles. The Balaban J connectivity index is 1.51. The van der Waals surface area contributed by atoms with Gasteiger partial charge in [-0.1, -0.05) is 25.5 Å². The maximum absolute atomic E-state index is 14.4. The number of halogens is 2. The first-order chi connectivity index (χ1) is 13.7. The van der Waals surface area contributed by atoms with E-state index in [-0.39, 0.29) is 17.3 Å². The van der Waals surface area contributed by atoms with Crippen molar-refractivity contribution in [1.29, 1.82) is 0 Å². The molecular formula is C26H42F2O2. The van der Waals surface area contributed by atoms with Crippen LogP contribution < -0.4 is 0 Å². The average molecular weight is 425 g/mol. The fourth-order valence-electron chi connectivity index (χ4n) is 8.05. The van der Waals surface area contributed by atoms with Gasteiger partial charge in [-0.2, -0.15) is 0 Å². The Kier molecular flexibility index (Phi) is 5.30. The highest BCUT2D eigenvalue weighted by atomic mass is 19.3. The van der Waals surface area contributed by atoms with Crippen LogP contribution in [0.5, 0.6) is 0 Å². The first kappa shape index (κ1) is 22.7. The Morgan fingerprint density at radius 3 is 2.40 bits per heavy atom. The van der Waals surface area contributed by atoms with E-state index in [2.05, 4.69) is 19.9 Å². The van der Waals surface area contributed by atoms with Gasteiger partial charge in [-0.25, -0.2) is 8.78 Å². The minimum Gasteiger partial charge on any atom is -0.390 e. The van der Waals surface area contributed by atoms with Crippen molar-refractivity contribution in [2.24, 2.45) is 34.5 Å². The highest BCUT2D eigenvalue weighted by Gasteiger charge is 2.59. The van der Waals surface area contributed by atoms with E-state index in [1.165, 1.54) is 25.8 Å². The molecule has 0 aromatic heterocycles. The minimum atomic E-state index is -3.03. The molecule has 0 bridgehead atoms. The number of allylic oxidation sites excluding steroid dienone is 1. The molecule has 0 aliphatic heterocycles. The van der Waals surface area contributed by atoms with Gasteiger partial charge < -0.3 is 10.2 Å². The first-order valence-corrected chi connectivity index (χ1v) is 12.2. The zero-order chi connectivity index (χ0) is 22.2. The van der Waals surface area contributed by atoms with Gasteiger partial charge in [0.15, 0.2) is 0 Å². The van der Waals surface area contributed by atoms with Crippen LogP contribution in [0.2, 0.25) is 0 Å². The van der Waals surface area contributed by atoms with Gasteiger partial charge >= 0.3 is 0 Å². The predicted molar refractivity (Wildman–Crippen MR) is 116 cm³/mol. The first-order valence-electron chi connectivity index (χ1n) is 12.2. The summed E-state index contributed by atoms with van der Waals surface area (Å²) >= 11 is 0. The summed E-state index contributed by atoms with van der Waals surface area (Å²) in [7, 11) is 0. The van der Waals surface area contributed by atoms with Crippen molar-refractivity contribution in [2.75, 3.05) is 0 Å². The van der Waals surface area contributed by atoms with Gasteiger partial charge in [0.05, 0.1) is 5.60 Å². The Hall–Kier alpha value is -0.480. The lowest BCUT2D eigenvalue weighted by Gasteiger charge is -2.59. The molecule has 2 nitrogen and oxygen atoms in total. The van der Waals surface area contributed by atoms with Crippen LogP contribution in [0.1, 0.15) is 98.8 Å². The van der Waals surface area contributed by atoms with E-state index in [1.54, 1.807) is 0 Å². The van der Waals surface area contributed by atoms with E-state index in [9.17, 15) is 19.0 Å². The van der Waals surface area contributed by atoms with Crippen molar-refractivity contribution in [3.63, 3.8) is 0 Å². The van der Waals surface area contributed by atoms with E-state index in [0.717, 1.165) is 44.9 Å². The summed E-state index contributed by atoms with van der Waals surface area (Å²) in [6.45, 7) is 9.24. The molecular weight excluding hydrogens is 382 g/mol. The minimum absolute atomic E-state index is 0.151. The average Bonchev–Trinajstić information content (AvgIpc) is 2.96. The summed E-state index contributed by atoms with van der Waals surface area (Å²) < 4.78 is 28.8. The largest absolute Gasteiger partial charge is 0.390 e. The summed E-state index contributed by atoms with van der Waals surface area (Å²) in [4.78, 5) is 0. The van der Waals surface area contributed by atoms with Crippen LogP contribution in [-0.4, -0.2) is 27.3 Å². The van der Waals surface area contributed by atoms with Crippen molar-refractivity contribution in [2.45, 2.75) is 116 Å². The van der Waals surface area contributed by atoms with Crippen LogP contribution >= 0.6 is 0 Å². The molecule has 4 aliphatic carbocycles. The number of fused-ring (bicyclic) bond motifs is 5. The maximum atomic E-state index is 14.4. The molecule has 7 atom stereocenters. The third-order valence-corrected chi connectivity index (χ3v) is 10.3. The molecule has 4 rings (SSSR count). The van der Waals surface area contributed by atoms with Gasteiger partial charge in [0, 0.05) is 6.42 Å². The smallest absolute Gasteiger partial charge is 0.275 e. The molecule has 0 spiro atoms. The molecule has 30 heavy (non-hydrogen) atoms. The molecule has 4 aliphatic rings. The van der Waals surface area contributed by atoms with Gasteiger partial charge in [-0.15, -0.1) is 0 Å². The molecule has 172 valence electrons. The quantitative estimate of drug-likeness (QED) is 0.506. The summed E-state index contributed by atoms with van der Waals surface area (Å²) in [5.74, 6) is -0.757. The lowest BCUT2D eigenvalue weighted by Crippen LogP contribution is -2.51. The van der Waals surface area contributed by atoms with Crippen molar-refractivity contribution in [1.82, 2.24) is 0 Å². The number of rotatable bonds is 4. The summed E-state index contributed by atoms with van der Waals surface area (Å²) in [5.41, 5.74) is -0.684. The fraction of sp³-hybridized carbons (Fsp3) is 0.923. The molecule has 0 aromatic rings. The number of alkyl halides is 2. The SMILES string of the molecule is CC(C)(O)C(F)(F)CC[C@H]1CC[C@H]2[C@@H]3CC=C4C[C@@](C)(O)CC[C@]4(C)[C@H]3CC[C@]12C. The van der Waals surface area contributed by atoms with Gasteiger partial charge in [0.25, 0.3) is 5.92 Å². The molecule has 0 radical (unpaired) electrons. The number of aliphatic hydroxyl groups is 2. The highest BCUT2D eigenvalue weighted by molar-refractivity contribution is 5.26. The van der Waals surface area contributed by atoms with E-state index in [4.69, 9.17) is 0 Å². The highest BCUT2D eigenvalue weighted by Crippen LogP contribution is 2.67. The zero-order valence-electron chi connectivity index (χ0n) is 19.6. The monoisotopic (exact) mass is 424 g/mol. The van der Waals surface area contributed by atoms with Crippen molar-refractivity contribution in [3.05, 3.63) is 11.6 Å². The Bertz CT molecular complexity index is 706. The van der Waals surface area contributed by atoms with Gasteiger partial charge in [-0.3, -0.25) is 0 Å². The summed E-state index contributed by atoms with van der Waals surface area (Å²) in [6.07, 6.45) is 11.1. The van der Waals surface area contributed by atoms with E-state index < -0.39 is 17.1 Å². The fourth-order valence-corrected chi connectivity index (χ4v) is 8.05. The number of hydrogen-bond acceptors (Lipinski definition) is 2. The molecule has 0 unspecified atom stereocenters. The molecule has 0 saturated heterocycles. The predicted octanol–water partition coefficient (Wildman–Crippen LogP) is 6.50. The second kappa shape index (κ2) is 7.01. The topological polar surface area (TPSA) is 40.5 Å². The Morgan fingerprint density at radius 1 is 1.03 bits per heavy atom. The van der Waals surface area contributed by atoms with E-state index >= 15 is 0 Å². The molecule has 0 heterocycles. The van der Waals surface area contributed by atoms with Crippen molar-refractivity contribution in [3.8, 4) is 0 Å². The maximum Gasteiger partial charge on any atom is 0.275 e. The van der Waals surface area contributed by atoms with Crippen molar-refractivity contribution < 1.29 is 19.0 Å². The lowest BCUT2D eigenvalue weighted by molar-refractivity contribution is -0.169. The van der Waals surface area contributed by atoms with Gasteiger partial charge in [0.1, 0.15) is 5.60 Å². The third kappa shape index (κ3) is 3.49. The Labute approximate surface area is 181 Å². The molecule has 4 heteroatoms. The van der Waals surface area contributed by atoms with Crippen LogP contribution in [0, 0.1) is 34.5 Å². The second-order valence-corrected chi connectivity index (χ2v) is 12.6. The van der Waals surface area contributed by atoms with E-state index in [0.29, 0.717) is 30.1 Å². The summed E-state index contributed by atoms with van der Waals surface area (Å²) in [6, 6.07) is 0. The van der Waals surface area contributed by atoms with Crippen LogP contribution in [0.3, 0.4) is 0 Å². The van der Waals surface area contributed by atoms with Gasteiger partial charge in [-0.05, 0) is 113 Å². The molecule has 3 saturated carbocycles. The van der Waals surface area contributed by atoms with Crippen LogP contribution in [0.4, 0.5) is 8.78 Å². The Morgan fingerprint density at radius 2 is 1.73 bits per heavy atom. The lowest BCUT2D eigenvalue weighted by atomic mass is 9.46. The normalized spacial score (nSPS) is 46.6. The number of hydrogen-bond donors (Lipinski definition) is 2. The van der Waals surface area contributed by atoms with Crippen molar-refractivity contribution >= 4 is 0 Å². The molecule has 0 amide bonds. The van der Waals surface area contributed by atoms with Gasteiger partial charge in [0.2, 0.25) is 0 Å². The van der Waals surface area contributed by atoms with Crippen LogP contribution in [0.15, 0.2) is 11.6 Å². The third-order valence-electron chi connectivity index (χ3n) is 10.3. The van der Waals surface area contributed by atoms with Crippen LogP contribution in [-0.2, 0) is 0 Å².